The van der Waals surface area contributed by atoms with E-state index in [-0.39, 0.29) is 6.42 Å². The highest BCUT2D eigenvalue weighted by atomic mass is 32.2. The third-order valence-corrected chi connectivity index (χ3v) is 9.25. The van der Waals surface area contributed by atoms with E-state index in [0.29, 0.717) is 12.8 Å². The maximum absolute atomic E-state index is 12.5. The average Bonchev–Trinajstić information content (AvgIpc) is 3.00. The molecule has 0 radical (unpaired) electrons. The van der Waals surface area contributed by atoms with Gasteiger partial charge in [0.2, 0.25) is 5.91 Å². The zero-order valence-electron chi connectivity index (χ0n) is 29.1. The zero-order chi connectivity index (χ0) is 33.4. The fraction of sp³-hybridized carbons (Fsp3) is 0.865. The molecule has 0 bridgehead atoms. The van der Waals surface area contributed by atoms with Crippen molar-refractivity contribution in [2.24, 2.45) is 0 Å². The molecule has 1 amide bonds. The largest absolute Gasteiger partial charge is 0.387 e. The van der Waals surface area contributed by atoms with Gasteiger partial charge in [-0.3, -0.25) is 9.35 Å². The lowest BCUT2D eigenvalue weighted by molar-refractivity contribution is -0.130. The normalized spacial score (nSPS) is 14.3. The van der Waals surface area contributed by atoms with Crippen molar-refractivity contribution in [3.63, 3.8) is 0 Å². The summed E-state index contributed by atoms with van der Waals surface area (Å²) in [7, 11) is -4.43. The van der Waals surface area contributed by atoms with Gasteiger partial charge in [0.15, 0.2) is 0 Å². The summed E-state index contributed by atoms with van der Waals surface area (Å²) in [6.07, 6.45) is 35.7. The molecular weight excluding hydrogens is 586 g/mol. The van der Waals surface area contributed by atoms with Gasteiger partial charge in [-0.25, -0.2) is 0 Å². The van der Waals surface area contributed by atoms with Crippen LogP contribution in [-0.4, -0.2) is 53.1 Å². The summed E-state index contributed by atoms with van der Waals surface area (Å²) in [5.74, 6) is -1.56. The third kappa shape index (κ3) is 31.2. The number of carbonyl (C=O) groups is 1. The summed E-state index contributed by atoms with van der Waals surface area (Å²) in [6, 6.07) is -1.24. The molecule has 266 valence electrons. The summed E-state index contributed by atoms with van der Waals surface area (Å²) in [5, 5.41) is 23.1. The Bertz CT molecular complexity index is 829. The maximum Gasteiger partial charge on any atom is 0.267 e. The van der Waals surface area contributed by atoms with Crippen LogP contribution in [0.15, 0.2) is 24.3 Å². The highest BCUT2D eigenvalue weighted by Gasteiger charge is 2.27. The van der Waals surface area contributed by atoms with Gasteiger partial charge < -0.3 is 15.5 Å². The summed E-state index contributed by atoms with van der Waals surface area (Å²) in [6.45, 7) is 4.38. The van der Waals surface area contributed by atoms with E-state index < -0.39 is 40.0 Å². The minimum Gasteiger partial charge on any atom is -0.387 e. The lowest BCUT2D eigenvalue weighted by atomic mass is 10.0. The van der Waals surface area contributed by atoms with Gasteiger partial charge in [-0.1, -0.05) is 179 Å². The second-order valence-corrected chi connectivity index (χ2v) is 14.5. The summed E-state index contributed by atoms with van der Waals surface area (Å²) >= 11 is 0. The second-order valence-electron chi connectivity index (χ2n) is 13.0. The summed E-state index contributed by atoms with van der Waals surface area (Å²) < 4.78 is 32.2. The first-order chi connectivity index (χ1) is 21.7. The van der Waals surface area contributed by atoms with Crippen molar-refractivity contribution in [3.05, 3.63) is 24.3 Å². The van der Waals surface area contributed by atoms with Crippen molar-refractivity contribution in [1.29, 1.82) is 0 Å². The molecule has 0 heterocycles. The predicted octanol–water partition coefficient (Wildman–Crippen LogP) is 9.38. The van der Waals surface area contributed by atoms with Crippen LogP contribution in [0.25, 0.3) is 0 Å². The lowest BCUT2D eigenvalue weighted by Gasteiger charge is -2.22. The standard InChI is InChI=1S/C37H71NO6S/c1-3-5-7-9-11-12-13-14-15-16-17-18-19-20-21-22-23-24-26-28-30-32-36(40)37(41)38-34(33-45(42,43)44)35(39)31-29-27-25-10-8-6-4-2/h8,10,29,31,34-36,39-40H,3-7,9,11-28,30,32-33H2,1-2H3,(H,38,41)(H,42,43,44)/b10-8+,31-29+. The van der Waals surface area contributed by atoms with Crippen molar-refractivity contribution in [2.45, 2.75) is 199 Å². The van der Waals surface area contributed by atoms with Crippen LogP contribution in [0, 0.1) is 0 Å². The first-order valence-electron chi connectivity index (χ1n) is 18.6. The van der Waals surface area contributed by atoms with Crippen LogP contribution in [0.4, 0.5) is 0 Å². The van der Waals surface area contributed by atoms with Gasteiger partial charge in [-0.2, -0.15) is 8.42 Å². The molecule has 0 saturated carbocycles. The molecule has 0 aromatic rings. The van der Waals surface area contributed by atoms with E-state index in [0.717, 1.165) is 38.5 Å². The van der Waals surface area contributed by atoms with Crippen LogP contribution in [0.3, 0.4) is 0 Å². The monoisotopic (exact) mass is 658 g/mol. The molecule has 0 aliphatic carbocycles. The number of nitrogens with one attached hydrogen (secondary N) is 1. The van der Waals surface area contributed by atoms with E-state index in [9.17, 15) is 28.0 Å². The quantitative estimate of drug-likeness (QED) is 0.0317. The molecule has 0 aliphatic rings. The number of aliphatic hydroxyl groups is 2. The number of hydrogen-bond donors (Lipinski definition) is 4. The van der Waals surface area contributed by atoms with Crippen LogP contribution in [0.5, 0.6) is 0 Å². The van der Waals surface area contributed by atoms with Gasteiger partial charge in [-0.15, -0.1) is 0 Å². The van der Waals surface area contributed by atoms with Gasteiger partial charge in [0.1, 0.15) is 6.10 Å². The van der Waals surface area contributed by atoms with Crippen molar-refractivity contribution in [1.82, 2.24) is 5.32 Å². The van der Waals surface area contributed by atoms with E-state index in [4.69, 9.17) is 0 Å². The topological polar surface area (TPSA) is 124 Å². The van der Waals surface area contributed by atoms with Crippen molar-refractivity contribution >= 4 is 16.0 Å². The molecule has 0 aliphatic heterocycles. The average molecular weight is 658 g/mol. The van der Waals surface area contributed by atoms with Crippen molar-refractivity contribution < 1.29 is 28.0 Å². The second kappa shape index (κ2) is 31.4. The fourth-order valence-electron chi connectivity index (χ4n) is 5.60. The number of aliphatic hydroxyl groups excluding tert-OH is 2. The highest BCUT2D eigenvalue weighted by Crippen LogP contribution is 2.16. The SMILES string of the molecule is CCC/C=C/CC/C=C/C(O)C(CS(=O)(=O)O)NC(=O)C(O)CCCCCCCCCCCCCCCCCCCCCCC. The van der Waals surface area contributed by atoms with Crippen LogP contribution in [0.1, 0.15) is 181 Å². The fourth-order valence-corrected chi connectivity index (χ4v) is 6.33. The molecule has 4 N–H and O–H groups in total. The van der Waals surface area contributed by atoms with E-state index in [2.05, 4.69) is 31.3 Å². The molecule has 0 spiro atoms. The number of amides is 1. The van der Waals surface area contributed by atoms with E-state index in [1.807, 2.05) is 0 Å². The maximum atomic E-state index is 12.5. The molecule has 3 unspecified atom stereocenters. The molecule has 0 fully saturated rings. The summed E-state index contributed by atoms with van der Waals surface area (Å²) in [4.78, 5) is 12.5. The molecule has 0 aromatic carbocycles. The smallest absolute Gasteiger partial charge is 0.267 e. The molecule has 8 heteroatoms. The van der Waals surface area contributed by atoms with Gasteiger partial charge >= 0.3 is 0 Å². The third-order valence-electron chi connectivity index (χ3n) is 8.47. The van der Waals surface area contributed by atoms with Gasteiger partial charge in [-0.05, 0) is 25.7 Å². The molecule has 0 aromatic heterocycles. The molecular formula is C37H71NO6S. The zero-order valence-corrected chi connectivity index (χ0v) is 29.9. The summed E-state index contributed by atoms with van der Waals surface area (Å²) in [5.41, 5.74) is 0. The molecule has 3 atom stereocenters. The van der Waals surface area contributed by atoms with E-state index in [1.165, 1.54) is 115 Å². The number of unbranched alkanes of at least 4 members (excludes halogenated alkanes) is 22. The Morgan fingerprint density at radius 1 is 0.600 bits per heavy atom. The van der Waals surface area contributed by atoms with E-state index >= 15 is 0 Å². The molecule has 45 heavy (non-hydrogen) atoms. The van der Waals surface area contributed by atoms with Crippen LogP contribution >= 0.6 is 0 Å². The van der Waals surface area contributed by atoms with Gasteiger partial charge in [0.25, 0.3) is 10.1 Å². The number of allylic oxidation sites excluding steroid dienone is 3. The number of carbonyl (C=O) groups excluding carboxylic acids is 1. The Kier molecular flexibility index (Phi) is 30.5. The highest BCUT2D eigenvalue weighted by molar-refractivity contribution is 7.85. The van der Waals surface area contributed by atoms with Crippen molar-refractivity contribution in [3.8, 4) is 0 Å². The van der Waals surface area contributed by atoms with Crippen molar-refractivity contribution in [2.75, 3.05) is 5.75 Å². The predicted molar refractivity (Wildman–Crippen MR) is 190 cm³/mol. The first kappa shape index (κ1) is 43.8. The van der Waals surface area contributed by atoms with Crippen LogP contribution < -0.4 is 5.32 Å². The number of rotatable bonds is 33. The van der Waals surface area contributed by atoms with Gasteiger partial charge in [0.05, 0.1) is 17.9 Å². The Balaban J connectivity index is 3.87. The minimum absolute atomic E-state index is 0.277. The Hall–Kier alpha value is -1.22. The lowest BCUT2D eigenvalue weighted by Crippen LogP contribution is -2.50. The van der Waals surface area contributed by atoms with Crippen LogP contribution in [-0.2, 0) is 14.9 Å². The number of hydrogen-bond acceptors (Lipinski definition) is 5. The molecule has 0 saturated heterocycles. The van der Waals surface area contributed by atoms with Crippen LogP contribution in [0.2, 0.25) is 0 Å². The Morgan fingerprint density at radius 3 is 1.42 bits per heavy atom. The molecule has 7 nitrogen and oxygen atoms in total. The van der Waals surface area contributed by atoms with Gasteiger partial charge in [0, 0.05) is 0 Å². The molecule has 0 rings (SSSR count). The minimum atomic E-state index is -4.43. The Labute approximate surface area is 277 Å². The van der Waals surface area contributed by atoms with E-state index in [1.54, 1.807) is 6.08 Å². The first-order valence-corrected chi connectivity index (χ1v) is 20.3. The Morgan fingerprint density at radius 2 is 1.00 bits per heavy atom.